The number of carbonyl (C=O) groups is 1. The molecule has 0 unspecified atom stereocenters. The molecular weight excluding hydrogens is 382 g/mol. The molecule has 0 aliphatic heterocycles. The number of amides is 1. The maximum absolute atomic E-state index is 12.6. The monoisotopic (exact) mass is 407 g/mol. The molecule has 6 nitrogen and oxygen atoms in total. The highest BCUT2D eigenvalue weighted by molar-refractivity contribution is 7.99. The van der Waals surface area contributed by atoms with Crippen molar-refractivity contribution in [3.8, 4) is 17.1 Å². The minimum Gasteiger partial charge on any atom is -0.352 e. The van der Waals surface area contributed by atoms with Gasteiger partial charge in [0.1, 0.15) is 0 Å². The van der Waals surface area contributed by atoms with E-state index in [9.17, 15) is 4.79 Å². The van der Waals surface area contributed by atoms with E-state index in [1.807, 2.05) is 47.0 Å². The van der Waals surface area contributed by atoms with Crippen LogP contribution in [-0.2, 0) is 4.79 Å². The first-order valence-electron chi connectivity index (χ1n) is 10.1. The Morgan fingerprint density at radius 2 is 1.97 bits per heavy atom. The number of nitrogens with one attached hydrogen (secondary N) is 1. The summed E-state index contributed by atoms with van der Waals surface area (Å²) in [5, 5.41) is 12.7. The highest BCUT2D eigenvalue weighted by atomic mass is 32.2. The summed E-state index contributed by atoms with van der Waals surface area (Å²) in [7, 11) is 0. The van der Waals surface area contributed by atoms with E-state index in [0.29, 0.717) is 22.7 Å². The van der Waals surface area contributed by atoms with Crippen molar-refractivity contribution in [1.29, 1.82) is 0 Å². The number of aromatic nitrogens is 4. The third kappa shape index (κ3) is 4.67. The number of hydrogen-bond donors (Lipinski definition) is 1. The van der Waals surface area contributed by atoms with Crippen molar-refractivity contribution in [2.75, 3.05) is 5.75 Å². The predicted octanol–water partition coefficient (Wildman–Crippen LogP) is 4.12. The van der Waals surface area contributed by atoms with Crippen LogP contribution in [0.5, 0.6) is 0 Å². The number of nitrogens with zero attached hydrogens (tertiary/aromatic N) is 4. The van der Waals surface area contributed by atoms with Crippen LogP contribution in [0.15, 0.2) is 60.0 Å². The van der Waals surface area contributed by atoms with Gasteiger partial charge < -0.3 is 5.32 Å². The van der Waals surface area contributed by atoms with Crippen molar-refractivity contribution in [1.82, 2.24) is 25.1 Å². The summed E-state index contributed by atoms with van der Waals surface area (Å²) in [5.74, 6) is 1.64. The van der Waals surface area contributed by atoms with E-state index in [-0.39, 0.29) is 11.9 Å². The Labute approximate surface area is 175 Å². The lowest BCUT2D eigenvalue weighted by Gasteiger charge is -2.29. The molecule has 1 aliphatic carbocycles. The van der Waals surface area contributed by atoms with Gasteiger partial charge in [0.15, 0.2) is 11.0 Å². The minimum atomic E-state index is 0.0549. The SMILES string of the molecule is C[C@H]1CCCC[C@H]1NC(=O)CSc1nnc(-c2cccnc2)n1-c1ccccc1. The number of benzene rings is 1. The molecule has 1 N–H and O–H groups in total. The van der Waals surface area contributed by atoms with E-state index >= 15 is 0 Å². The Kier molecular flexibility index (Phi) is 6.24. The largest absolute Gasteiger partial charge is 0.352 e. The van der Waals surface area contributed by atoms with Gasteiger partial charge in [-0.1, -0.05) is 49.7 Å². The zero-order valence-electron chi connectivity index (χ0n) is 16.5. The molecule has 150 valence electrons. The Hall–Kier alpha value is -2.67. The van der Waals surface area contributed by atoms with Crippen molar-refractivity contribution < 1.29 is 4.79 Å². The first-order chi connectivity index (χ1) is 14.2. The average Bonchev–Trinajstić information content (AvgIpc) is 3.19. The first kappa shape index (κ1) is 19.6. The average molecular weight is 408 g/mol. The molecule has 7 heteroatoms. The van der Waals surface area contributed by atoms with Crippen molar-refractivity contribution >= 4 is 17.7 Å². The fraction of sp³-hybridized carbons (Fsp3) is 0.364. The summed E-state index contributed by atoms with van der Waals surface area (Å²) >= 11 is 1.41. The Balaban J connectivity index is 1.53. The molecule has 1 fully saturated rings. The summed E-state index contributed by atoms with van der Waals surface area (Å²) < 4.78 is 1.98. The second kappa shape index (κ2) is 9.22. The van der Waals surface area contributed by atoms with E-state index in [0.717, 1.165) is 17.7 Å². The minimum absolute atomic E-state index is 0.0549. The van der Waals surface area contributed by atoms with E-state index in [4.69, 9.17) is 0 Å². The molecule has 1 aliphatic rings. The van der Waals surface area contributed by atoms with Gasteiger partial charge in [0.2, 0.25) is 5.91 Å². The van der Waals surface area contributed by atoms with Gasteiger partial charge in [-0.25, -0.2) is 0 Å². The van der Waals surface area contributed by atoms with Crippen molar-refractivity contribution in [3.05, 3.63) is 54.9 Å². The second-order valence-electron chi connectivity index (χ2n) is 7.44. The van der Waals surface area contributed by atoms with Crippen LogP contribution in [-0.4, -0.2) is 37.5 Å². The third-order valence-electron chi connectivity index (χ3n) is 5.36. The molecule has 0 saturated heterocycles. The molecule has 1 saturated carbocycles. The lowest BCUT2D eigenvalue weighted by molar-refractivity contribution is -0.119. The zero-order chi connectivity index (χ0) is 20.1. The maximum atomic E-state index is 12.6. The fourth-order valence-electron chi connectivity index (χ4n) is 3.76. The van der Waals surface area contributed by atoms with Gasteiger partial charge in [0, 0.05) is 29.7 Å². The van der Waals surface area contributed by atoms with Crippen LogP contribution in [0.4, 0.5) is 0 Å². The van der Waals surface area contributed by atoms with Crippen molar-refractivity contribution in [3.63, 3.8) is 0 Å². The lowest BCUT2D eigenvalue weighted by Crippen LogP contribution is -2.41. The Bertz CT molecular complexity index is 944. The molecule has 2 atom stereocenters. The zero-order valence-corrected chi connectivity index (χ0v) is 17.3. The molecule has 4 rings (SSSR count). The van der Waals surface area contributed by atoms with Crippen LogP contribution >= 0.6 is 11.8 Å². The smallest absolute Gasteiger partial charge is 0.230 e. The standard InChI is InChI=1S/C22H25N5OS/c1-16-8-5-6-12-19(16)24-20(28)15-29-22-26-25-21(17-9-7-13-23-14-17)27(22)18-10-3-2-4-11-18/h2-4,7,9-11,13-14,16,19H,5-6,8,12,15H2,1H3,(H,24,28)/t16-,19+/m0/s1. The molecule has 1 amide bonds. The fourth-order valence-corrected chi connectivity index (χ4v) is 4.53. The van der Waals surface area contributed by atoms with Gasteiger partial charge in [-0.15, -0.1) is 10.2 Å². The summed E-state index contributed by atoms with van der Waals surface area (Å²) in [4.78, 5) is 16.8. The van der Waals surface area contributed by atoms with Crippen LogP contribution in [0.2, 0.25) is 0 Å². The van der Waals surface area contributed by atoms with Gasteiger partial charge in [-0.2, -0.15) is 0 Å². The highest BCUT2D eigenvalue weighted by Crippen LogP contribution is 2.28. The van der Waals surface area contributed by atoms with Crippen LogP contribution < -0.4 is 5.32 Å². The van der Waals surface area contributed by atoms with E-state index < -0.39 is 0 Å². The molecule has 0 radical (unpaired) electrons. The number of pyridine rings is 1. The molecule has 2 aromatic heterocycles. The van der Waals surface area contributed by atoms with Crippen molar-refractivity contribution in [2.45, 2.75) is 43.8 Å². The third-order valence-corrected chi connectivity index (χ3v) is 6.29. The quantitative estimate of drug-likeness (QED) is 0.623. The van der Waals surface area contributed by atoms with Crippen LogP contribution in [0.25, 0.3) is 17.1 Å². The molecule has 29 heavy (non-hydrogen) atoms. The van der Waals surface area contributed by atoms with Crippen molar-refractivity contribution in [2.24, 2.45) is 5.92 Å². The predicted molar refractivity (Wildman–Crippen MR) is 115 cm³/mol. The summed E-state index contributed by atoms with van der Waals surface area (Å²) in [6.07, 6.45) is 8.23. The van der Waals surface area contributed by atoms with Gasteiger partial charge in [0.05, 0.1) is 5.75 Å². The molecule has 3 aromatic rings. The molecule has 0 bridgehead atoms. The lowest BCUT2D eigenvalue weighted by atomic mass is 9.86. The number of carbonyl (C=O) groups excluding carboxylic acids is 1. The number of para-hydroxylation sites is 1. The number of hydrogen-bond acceptors (Lipinski definition) is 5. The summed E-state index contributed by atoms with van der Waals surface area (Å²) in [6, 6.07) is 14.1. The van der Waals surface area contributed by atoms with Crippen LogP contribution in [0.1, 0.15) is 32.6 Å². The van der Waals surface area contributed by atoms with E-state index in [1.165, 1.54) is 31.0 Å². The maximum Gasteiger partial charge on any atom is 0.230 e. The molecule has 0 spiro atoms. The highest BCUT2D eigenvalue weighted by Gasteiger charge is 2.23. The molecule has 2 heterocycles. The summed E-state index contributed by atoms with van der Waals surface area (Å²) in [5.41, 5.74) is 1.84. The number of rotatable bonds is 6. The Morgan fingerprint density at radius 1 is 1.14 bits per heavy atom. The second-order valence-corrected chi connectivity index (χ2v) is 8.39. The Morgan fingerprint density at radius 3 is 2.72 bits per heavy atom. The summed E-state index contributed by atoms with van der Waals surface area (Å²) in [6.45, 7) is 2.23. The van der Waals surface area contributed by atoms with Crippen LogP contribution in [0.3, 0.4) is 0 Å². The first-order valence-corrected chi connectivity index (χ1v) is 11.0. The van der Waals surface area contributed by atoms with Gasteiger partial charge >= 0.3 is 0 Å². The topological polar surface area (TPSA) is 72.7 Å². The van der Waals surface area contributed by atoms with Gasteiger partial charge in [-0.05, 0) is 43.0 Å². The number of thioether (sulfide) groups is 1. The molecule has 1 aromatic carbocycles. The van der Waals surface area contributed by atoms with Crippen LogP contribution in [0, 0.1) is 5.92 Å². The van der Waals surface area contributed by atoms with E-state index in [1.54, 1.807) is 12.4 Å². The van der Waals surface area contributed by atoms with Gasteiger partial charge in [-0.3, -0.25) is 14.3 Å². The van der Waals surface area contributed by atoms with Gasteiger partial charge in [0.25, 0.3) is 0 Å². The van der Waals surface area contributed by atoms with E-state index in [2.05, 4.69) is 27.4 Å². The molecular formula is C22H25N5OS. The normalized spacial score (nSPS) is 19.1.